The second kappa shape index (κ2) is 5.63. The Balaban J connectivity index is 2.56. The summed E-state index contributed by atoms with van der Waals surface area (Å²) in [6.45, 7) is 5.27. The molecular weight excluding hydrogens is 286 g/mol. The van der Waals surface area contributed by atoms with Gasteiger partial charge in [0.15, 0.2) is 6.29 Å². The van der Waals surface area contributed by atoms with Crippen molar-refractivity contribution in [2.75, 3.05) is 7.11 Å². The van der Waals surface area contributed by atoms with Gasteiger partial charge in [0, 0.05) is 17.1 Å². The first kappa shape index (κ1) is 15.8. The van der Waals surface area contributed by atoms with E-state index in [9.17, 15) is 14.4 Å². The van der Waals surface area contributed by atoms with Crippen LogP contribution in [0.5, 0.6) is 0 Å². The number of aldehydes is 1. The average molecular weight is 303 g/mol. The summed E-state index contributed by atoms with van der Waals surface area (Å²) in [6.07, 6.45) is 1.44. The summed E-state index contributed by atoms with van der Waals surface area (Å²) < 4.78 is 11.2. The number of rotatable bonds is 2. The van der Waals surface area contributed by atoms with Gasteiger partial charge in [0.05, 0.1) is 18.2 Å². The number of carbonyl (C=O) groups is 3. The van der Waals surface area contributed by atoms with Crippen LogP contribution in [0.15, 0.2) is 24.4 Å². The third-order valence-electron chi connectivity index (χ3n) is 2.97. The van der Waals surface area contributed by atoms with Crippen molar-refractivity contribution in [1.29, 1.82) is 0 Å². The molecule has 0 aliphatic rings. The Hall–Kier alpha value is -2.63. The highest BCUT2D eigenvalue weighted by molar-refractivity contribution is 6.04. The van der Waals surface area contributed by atoms with Crippen LogP contribution in [0.4, 0.5) is 4.79 Å². The Morgan fingerprint density at radius 3 is 2.45 bits per heavy atom. The van der Waals surface area contributed by atoms with Gasteiger partial charge in [-0.25, -0.2) is 9.59 Å². The second-order valence-corrected chi connectivity index (χ2v) is 5.78. The highest BCUT2D eigenvalue weighted by Crippen LogP contribution is 2.23. The van der Waals surface area contributed by atoms with Crippen molar-refractivity contribution >= 4 is 29.3 Å². The van der Waals surface area contributed by atoms with E-state index in [-0.39, 0.29) is 0 Å². The van der Waals surface area contributed by atoms with Crippen LogP contribution in [0, 0.1) is 0 Å². The van der Waals surface area contributed by atoms with Crippen molar-refractivity contribution in [3.05, 3.63) is 35.5 Å². The number of carbonyl (C=O) groups excluding carboxylic acids is 3. The predicted octanol–water partition coefficient (Wildman–Crippen LogP) is 3.02. The van der Waals surface area contributed by atoms with Crippen LogP contribution >= 0.6 is 0 Å². The van der Waals surface area contributed by atoms with Gasteiger partial charge in [0.2, 0.25) is 0 Å². The molecule has 1 aromatic carbocycles. The maximum Gasteiger partial charge on any atom is 0.419 e. The Morgan fingerprint density at radius 2 is 1.91 bits per heavy atom. The van der Waals surface area contributed by atoms with Crippen molar-refractivity contribution in [1.82, 2.24) is 4.57 Å². The van der Waals surface area contributed by atoms with Gasteiger partial charge in [-0.1, -0.05) is 0 Å². The van der Waals surface area contributed by atoms with Crippen LogP contribution in [-0.4, -0.2) is 35.6 Å². The lowest BCUT2D eigenvalue weighted by Crippen LogP contribution is -2.26. The molecule has 0 aliphatic heterocycles. The van der Waals surface area contributed by atoms with Crippen LogP contribution in [-0.2, 0) is 9.47 Å². The van der Waals surface area contributed by atoms with Crippen LogP contribution in [0.2, 0.25) is 0 Å². The minimum atomic E-state index is -0.652. The van der Waals surface area contributed by atoms with Gasteiger partial charge in [0.1, 0.15) is 5.60 Å². The van der Waals surface area contributed by atoms with E-state index in [0.717, 1.165) is 0 Å². The number of nitrogens with zero attached hydrogens (tertiary/aromatic N) is 1. The van der Waals surface area contributed by atoms with Gasteiger partial charge >= 0.3 is 12.1 Å². The van der Waals surface area contributed by atoms with E-state index >= 15 is 0 Å². The van der Waals surface area contributed by atoms with Gasteiger partial charge in [-0.3, -0.25) is 9.36 Å². The normalized spacial score (nSPS) is 11.3. The summed E-state index contributed by atoms with van der Waals surface area (Å²) in [5.41, 5.74) is 0.441. The predicted molar refractivity (Wildman–Crippen MR) is 80.3 cm³/mol. The monoisotopic (exact) mass is 303 g/mol. The molecule has 1 heterocycles. The van der Waals surface area contributed by atoms with Crippen molar-refractivity contribution < 1.29 is 23.9 Å². The van der Waals surface area contributed by atoms with E-state index in [0.29, 0.717) is 28.3 Å². The minimum Gasteiger partial charge on any atom is -0.465 e. The fraction of sp³-hybridized carbons (Fsp3) is 0.312. The maximum atomic E-state index is 12.2. The van der Waals surface area contributed by atoms with Gasteiger partial charge in [-0.05, 0) is 39.0 Å². The smallest absolute Gasteiger partial charge is 0.419 e. The lowest BCUT2D eigenvalue weighted by atomic mass is 10.1. The molecule has 0 bridgehead atoms. The molecule has 0 radical (unpaired) electrons. The molecule has 2 rings (SSSR count). The highest BCUT2D eigenvalue weighted by Gasteiger charge is 2.21. The molecular formula is C16H17NO5. The largest absolute Gasteiger partial charge is 0.465 e. The van der Waals surface area contributed by atoms with Crippen LogP contribution in [0.1, 0.15) is 41.5 Å². The van der Waals surface area contributed by atoms with Crippen molar-refractivity contribution in [3.63, 3.8) is 0 Å². The molecule has 0 spiro atoms. The fourth-order valence-corrected chi connectivity index (χ4v) is 2.06. The summed E-state index contributed by atoms with van der Waals surface area (Å²) in [5, 5.41) is 0.490. The summed E-state index contributed by atoms with van der Waals surface area (Å²) in [7, 11) is 1.28. The number of esters is 1. The summed E-state index contributed by atoms with van der Waals surface area (Å²) in [6, 6.07) is 4.63. The molecule has 0 saturated carbocycles. The van der Waals surface area contributed by atoms with Crippen LogP contribution in [0.25, 0.3) is 10.9 Å². The summed E-state index contributed by atoms with van der Waals surface area (Å²) >= 11 is 0. The maximum absolute atomic E-state index is 12.2. The number of benzene rings is 1. The molecule has 22 heavy (non-hydrogen) atoms. The standard InChI is InChI=1S/C16H17NO5/c1-16(2,3)22-15(20)17-8-11(9-18)12-7-10(14(19)21-4)5-6-13(12)17/h5-9H,1-4H3. The third-order valence-corrected chi connectivity index (χ3v) is 2.97. The second-order valence-electron chi connectivity index (χ2n) is 5.78. The Morgan fingerprint density at radius 1 is 1.23 bits per heavy atom. The number of hydrogen-bond acceptors (Lipinski definition) is 5. The number of aromatic nitrogens is 1. The zero-order chi connectivity index (χ0) is 16.5. The quantitative estimate of drug-likeness (QED) is 0.629. The first-order valence-corrected chi connectivity index (χ1v) is 6.69. The number of fused-ring (bicyclic) bond motifs is 1. The van der Waals surface area contributed by atoms with Gasteiger partial charge in [-0.15, -0.1) is 0 Å². The zero-order valence-electron chi connectivity index (χ0n) is 12.9. The zero-order valence-corrected chi connectivity index (χ0v) is 12.9. The SMILES string of the molecule is COC(=O)c1ccc2c(c1)c(C=O)cn2C(=O)OC(C)(C)C. The molecule has 0 saturated heterocycles. The van der Waals surface area contributed by atoms with Gasteiger partial charge < -0.3 is 9.47 Å². The Kier molecular flexibility index (Phi) is 4.03. The molecule has 0 unspecified atom stereocenters. The molecule has 6 nitrogen and oxygen atoms in total. The lowest BCUT2D eigenvalue weighted by Gasteiger charge is -2.19. The van der Waals surface area contributed by atoms with E-state index in [1.54, 1.807) is 26.8 Å². The van der Waals surface area contributed by atoms with Crippen LogP contribution < -0.4 is 0 Å². The van der Waals surface area contributed by atoms with E-state index in [4.69, 9.17) is 4.74 Å². The molecule has 0 N–H and O–H groups in total. The van der Waals surface area contributed by atoms with E-state index < -0.39 is 17.7 Å². The van der Waals surface area contributed by atoms with Gasteiger partial charge in [-0.2, -0.15) is 0 Å². The first-order chi connectivity index (χ1) is 10.3. The third kappa shape index (κ3) is 3.00. The number of hydrogen-bond donors (Lipinski definition) is 0. The Bertz CT molecular complexity index is 752. The Labute approximate surface area is 127 Å². The molecule has 1 aromatic heterocycles. The topological polar surface area (TPSA) is 74.6 Å². The minimum absolute atomic E-state index is 0.298. The van der Waals surface area contributed by atoms with E-state index in [1.807, 2.05) is 0 Å². The fourth-order valence-electron chi connectivity index (χ4n) is 2.06. The van der Waals surface area contributed by atoms with Crippen molar-refractivity contribution in [2.24, 2.45) is 0 Å². The highest BCUT2D eigenvalue weighted by atomic mass is 16.6. The lowest BCUT2D eigenvalue weighted by molar-refractivity contribution is 0.0543. The van der Waals surface area contributed by atoms with Crippen molar-refractivity contribution in [3.8, 4) is 0 Å². The van der Waals surface area contributed by atoms with Crippen LogP contribution in [0.3, 0.4) is 0 Å². The molecule has 0 aliphatic carbocycles. The van der Waals surface area contributed by atoms with Gasteiger partial charge in [0.25, 0.3) is 0 Å². The molecule has 6 heteroatoms. The van der Waals surface area contributed by atoms with E-state index in [1.165, 1.54) is 30.0 Å². The number of ether oxygens (including phenoxy) is 2. The molecule has 2 aromatic rings. The van der Waals surface area contributed by atoms with Crippen molar-refractivity contribution in [2.45, 2.75) is 26.4 Å². The van der Waals surface area contributed by atoms with E-state index in [2.05, 4.69) is 4.74 Å². The summed E-state index contributed by atoms with van der Waals surface area (Å²) in [5.74, 6) is -0.510. The molecule has 116 valence electrons. The molecule has 0 atom stereocenters. The summed E-state index contributed by atoms with van der Waals surface area (Å²) in [4.78, 5) is 35.0. The average Bonchev–Trinajstić information content (AvgIpc) is 2.82. The number of methoxy groups -OCH3 is 1. The molecule has 0 fully saturated rings. The first-order valence-electron chi connectivity index (χ1n) is 6.69. The molecule has 0 amide bonds.